The van der Waals surface area contributed by atoms with E-state index < -0.39 is 12.3 Å². The molecule has 0 heterocycles. The van der Waals surface area contributed by atoms with Crippen molar-refractivity contribution >= 4 is 0 Å². The summed E-state index contributed by atoms with van der Waals surface area (Å²) in [6.45, 7) is 8.95. The van der Waals surface area contributed by atoms with Crippen LogP contribution in [0.25, 0.3) is 0 Å². The molecule has 3 aliphatic rings. The van der Waals surface area contributed by atoms with E-state index >= 15 is 0 Å². The molecule has 0 N–H and O–H groups in total. The van der Waals surface area contributed by atoms with Crippen molar-refractivity contribution in [3.05, 3.63) is 0 Å². The largest absolute Gasteiger partial charge is 0.247 e. The van der Waals surface area contributed by atoms with Crippen LogP contribution in [0.15, 0.2) is 0 Å². The molecule has 0 aromatic rings. The lowest BCUT2D eigenvalue weighted by Crippen LogP contribution is -2.38. The monoisotopic (exact) mass is 342 g/mol. The molecular formula is C22H40F2. The van der Waals surface area contributed by atoms with E-state index in [-0.39, 0.29) is 11.8 Å². The van der Waals surface area contributed by atoms with E-state index in [1.807, 2.05) is 0 Å². The highest BCUT2D eigenvalue weighted by Gasteiger charge is 2.40. The maximum atomic E-state index is 14.0. The van der Waals surface area contributed by atoms with Crippen LogP contribution in [0.2, 0.25) is 0 Å². The first-order valence-corrected chi connectivity index (χ1v) is 10.6. The van der Waals surface area contributed by atoms with Gasteiger partial charge in [0.15, 0.2) is 0 Å². The lowest BCUT2D eigenvalue weighted by Gasteiger charge is -2.40. The first-order valence-electron chi connectivity index (χ1n) is 10.6. The van der Waals surface area contributed by atoms with E-state index in [1.54, 1.807) is 0 Å². The summed E-state index contributed by atoms with van der Waals surface area (Å²) < 4.78 is 28.0. The molecule has 0 radical (unpaired) electrons. The van der Waals surface area contributed by atoms with Gasteiger partial charge >= 0.3 is 0 Å². The average Bonchev–Trinajstić information content (AvgIpc) is 2.52. The maximum absolute atomic E-state index is 14.0. The van der Waals surface area contributed by atoms with Crippen LogP contribution >= 0.6 is 0 Å². The van der Waals surface area contributed by atoms with Gasteiger partial charge < -0.3 is 0 Å². The normalized spacial score (nSPS) is 46.8. The van der Waals surface area contributed by atoms with Crippen LogP contribution < -0.4 is 0 Å². The summed E-state index contributed by atoms with van der Waals surface area (Å²) in [5.41, 5.74) is 0. The van der Waals surface area contributed by atoms with Gasteiger partial charge in [0, 0.05) is 0 Å². The van der Waals surface area contributed by atoms with Gasteiger partial charge in [-0.3, -0.25) is 0 Å². The predicted octanol–water partition coefficient (Wildman–Crippen LogP) is 7.37. The second-order valence-corrected chi connectivity index (χ2v) is 9.56. The molecule has 3 fully saturated rings. The fraction of sp³-hybridized carbons (Fsp3) is 1.00. The molecule has 0 aromatic heterocycles. The zero-order valence-electron chi connectivity index (χ0n) is 16.4. The number of alkyl halides is 2. The molecule has 3 saturated carbocycles. The Balaban J connectivity index is 0.000000219. The van der Waals surface area contributed by atoms with Gasteiger partial charge in [-0.25, -0.2) is 8.78 Å². The fourth-order valence-electron chi connectivity index (χ4n) is 5.06. The Morgan fingerprint density at radius 2 is 0.750 bits per heavy atom. The lowest BCUT2D eigenvalue weighted by atomic mass is 9.68. The van der Waals surface area contributed by atoms with Crippen molar-refractivity contribution in [2.24, 2.45) is 35.5 Å². The molecular weight excluding hydrogens is 302 g/mol. The molecule has 0 aliphatic heterocycles. The molecule has 6 unspecified atom stereocenters. The Hall–Kier alpha value is -0.140. The minimum Gasteiger partial charge on any atom is -0.247 e. The van der Waals surface area contributed by atoms with E-state index in [4.69, 9.17) is 0 Å². The van der Waals surface area contributed by atoms with Gasteiger partial charge in [0.05, 0.1) is 0 Å². The summed E-state index contributed by atoms with van der Waals surface area (Å²) >= 11 is 0. The standard InChI is InChI=1S/C14H24F2.C8H16/c1-9-3-5-11(13(15)7-9)12-6-4-10(2)8-14(12)16;1-7-3-5-8(2)6-4-7/h9-14H,3-8H2,1-2H3;7-8H,3-6H2,1-2H3. The van der Waals surface area contributed by atoms with Crippen molar-refractivity contribution in [3.63, 3.8) is 0 Å². The Kier molecular flexibility index (Phi) is 8.01. The van der Waals surface area contributed by atoms with Crippen LogP contribution in [0, 0.1) is 35.5 Å². The van der Waals surface area contributed by atoms with Crippen molar-refractivity contribution in [2.45, 2.75) is 104 Å². The van der Waals surface area contributed by atoms with Crippen LogP contribution in [-0.4, -0.2) is 12.3 Å². The maximum Gasteiger partial charge on any atom is 0.104 e. The minimum absolute atomic E-state index is 0.0127. The van der Waals surface area contributed by atoms with E-state index in [1.165, 1.54) is 25.7 Å². The highest BCUT2D eigenvalue weighted by molar-refractivity contribution is 4.89. The first-order chi connectivity index (χ1) is 11.4. The van der Waals surface area contributed by atoms with Crippen molar-refractivity contribution in [2.75, 3.05) is 0 Å². The molecule has 0 nitrogen and oxygen atoms in total. The molecule has 3 aliphatic carbocycles. The summed E-state index contributed by atoms with van der Waals surface area (Å²) in [4.78, 5) is 0. The lowest BCUT2D eigenvalue weighted by molar-refractivity contribution is 0.0156. The first kappa shape index (κ1) is 20.2. The summed E-state index contributed by atoms with van der Waals surface area (Å²) in [5.74, 6) is 3.05. The SMILES string of the molecule is CC1CCC(C)CC1.CC1CCC(C2CCC(C)CC2F)C(F)C1. The Morgan fingerprint density at radius 3 is 1.04 bits per heavy atom. The van der Waals surface area contributed by atoms with Crippen molar-refractivity contribution in [3.8, 4) is 0 Å². The second-order valence-electron chi connectivity index (χ2n) is 9.56. The van der Waals surface area contributed by atoms with Gasteiger partial charge in [-0.15, -0.1) is 0 Å². The molecule has 0 amide bonds. The third-order valence-corrected chi connectivity index (χ3v) is 7.02. The Morgan fingerprint density at radius 1 is 0.458 bits per heavy atom. The highest BCUT2D eigenvalue weighted by Crippen LogP contribution is 2.43. The zero-order valence-corrected chi connectivity index (χ0v) is 16.4. The van der Waals surface area contributed by atoms with Crippen LogP contribution in [0.3, 0.4) is 0 Å². The molecule has 3 rings (SSSR count). The number of hydrogen-bond acceptors (Lipinski definition) is 0. The van der Waals surface area contributed by atoms with E-state index in [2.05, 4.69) is 27.7 Å². The molecule has 6 atom stereocenters. The summed E-state index contributed by atoms with van der Waals surface area (Å²) in [6.07, 6.45) is 9.69. The van der Waals surface area contributed by atoms with E-state index in [9.17, 15) is 8.78 Å². The number of hydrogen-bond donors (Lipinski definition) is 0. The van der Waals surface area contributed by atoms with E-state index in [0.717, 1.165) is 37.5 Å². The van der Waals surface area contributed by atoms with Crippen molar-refractivity contribution in [1.82, 2.24) is 0 Å². The van der Waals surface area contributed by atoms with Gasteiger partial charge in [-0.2, -0.15) is 0 Å². The van der Waals surface area contributed by atoms with Crippen LogP contribution in [0.1, 0.15) is 91.9 Å². The molecule has 0 bridgehead atoms. The van der Waals surface area contributed by atoms with Crippen LogP contribution in [0.5, 0.6) is 0 Å². The molecule has 0 spiro atoms. The van der Waals surface area contributed by atoms with E-state index in [0.29, 0.717) is 24.7 Å². The van der Waals surface area contributed by atoms with Gasteiger partial charge in [0.2, 0.25) is 0 Å². The fourth-order valence-corrected chi connectivity index (χ4v) is 5.06. The minimum atomic E-state index is -0.750. The van der Waals surface area contributed by atoms with Gasteiger partial charge in [-0.05, 0) is 61.2 Å². The smallest absolute Gasteiger partial charge is 0.104 e. The Bertz CT molecular complexity index is 314. The predicted molar refractivity (Wildman–Crippen MR) is 99.6 cm³/mol. The second kappa shape index (κ2) is 9.53. The van der Waals surface area contributed by atoms with Gasteiger partial charge in [-0.1, -0.05) is 66.2 Å². The summed E-state index contributed by atoms with van der Waals surface area (Å²) in [7, 11) is 0. The van der Waals surface area contributed by atoms with Crippen LogP contribution in [-0.2, 0) is 0 Å². The van der Waals surface area contributed by atoms with Crippen molar-refractivity contribution < 1.29 is 8.78 Å². The third kappa shape index (κ3) is 5.99. The number of rotatable bonds is 1. The molecule has 142 valence electrons. The summed E-state index contributed by atoms with van der Waals surface area (Å²) in [5, 5.41) is 0. The highest BCUT2D eigenvalue weighted by atomic mass is 19.1. The average molecular weight is 343 g/mol. The van der Waals surface area contributed by atoms with Crippen LogP contribution in [0.4, 0.5) is 8.78 Å². The van der Waals surface area contributed by atoms with Gasteiger partial charge in [0.25, 0.3) is 0 Å². The third-order valence-electron chi connectivity index (χ3n) is 7.02. The zero-order chi connectivity index (χ0) is 17.7. The molecule has 24 heavy (non-hydrogen) atoms. The Labute approximate surface area is 149 Å². The molecule has 0 aromatic carbocycles. The number of halogens is 2. The summed E-state index contributed by atoms with van der Waals surface area (Å²) in [6, 6.07) is 0. The molecule has 0 saturated heterocycles. The molecule has 2 heteroatoms. The topological polar surface area (TPSA) is 0 Å². The van der Waals surface area contributed by atoms with Crippen molar-refractivity contribution in [1.29, 1.82) is 0 Å². The quantitative estimate of drug-likeness (QED) is 0.466. The van der Waals surface area contributed by atoms with Gasteiger partial charge in [0.1, 0.15) is 12.3 Å².